The van der Waals surface area contributed by atoms with Crippen molar-refractivity contribution in [2.24, 2.45) is 11.3 Å². The first kappa shape index (κ1) is 24.2. The zero-order chi connectivity index (χ0) is 25.6. The van der Waals surface area contributed by atoms with Gasteiger partial charge in [-0.25, -0.2) is 4.79 Å². The van der Waals surface area contributed by atoms with Gasteiger partial charge < -0.3 is 14.2 Å². The van der Waals surface area contributed by atoms with Crippen LogP contribution in [0.1, 0.15) is 30.5 Å². The van der Waals surface area contributed by atoms with E-state index in [2.05, 4.69) is 4.90 Å². The maximum absolute atomic E-state index is 13.7. The van der Waals surface area contributed by atoms with Crippen molar-refractivity contribution < 1.29 is 19.1 Å². The van der Waals surface area contributed by atoms with Gasteiger partial charge in [-0.15, -0.1) is 0 Å². The highest BCUT2D eigenvalue weighted by molar-refractivity contribution is 6.19. The van der Waals surface area contributed by atoms with E-state index in [1.807, 2.05) is 41.8 Å². The molecule has 4 amide bonds. The van der Waals surface area contributed by atoms with Crippen molar-refractivity contribution in [3.8, 4) is 5.75 Å². The summed E-state index contributed by atoms with van der Waals surface area (Å²) in [6.45, 7) is 4.63. The second-order valence-corrected chi connectivity index (χ2v) is 10.2. The summed E-state index contributed by atoms with van der Waals surface area (Å²) in [5.74, 6) is 0.178. The van der Waals surface area contributed by atoms with Gasteiger partial charge in [-0.3, -0.25) is 24.2 Å². The molecule has 5 rings (SSSR count). The van der Waals surface area contributed by atoms with Gasteiger partial charge in [0.15, 0.2) is 0 Å². The first-order valence-corrected chi connectivity index (χ1v) is 12.5. The Labute approximate surface area is 210 Å². The minimum atomic E-state index is -1.42. The minimum Gasteiger partial charge on any atom is -0.494 e. The molecule has 0 unspecified atom stereocenters. The van der Waals surface area contributed by atoms with Crippen LogP contribution in [0.15, 0.2) is 47.3 Å². The molecule has 9 heteroatoms. The molecule has 2 bridgehead atoms. The van der Waals surface area contributed by atoms with E-state index in [0.29, 0.717) is 26.2 Å². The van der Waals surface area contributed by atoms with Crippen molar-refractivity contribution in [1.82, 2.24) is 19.3 Å². The van der Waals surface area contributed by atoms with Crippen LogP contribution >= 0.6 is 0 Å². The number of hydrogen-bond acceptors (Lipinski definition) is 6. The van der Waals surface area contributed by atoms with Gasteiger partial charge in [0.05, 0.1) is 6.61 Å². The Hall–Kier alpha value is -3.46. The topological polar surface area (TPSA) is 92.2 Å². The van der Waals surface area contributed by atoms with Crippen LogP contribution in [0.2, 0.25) is 0 Å². The fourth-order valence-electron chi connectivity index (χ4n) is 6.20. The monoisotopic (exact) mass is 492 g/mol. The number of hydrogen-bond donors (Lipinski definition) is 0. The Morgan fingerprint density at radius 3 is 2.28 bits per heavy atom. The van der Waals surface area contributed by atoms with E-state index in [9.17, 15) is 19.2 Å². The summed E-state index contributed by atoms with van der Waals surface area (Å²) in [6.07, 6.45) is 1.16. The van der Waals surface area contributed by atoms with Crippen molar-refractivity contribution in [2.75, 3.05) is 40.3 Å². The number of pyridine rings is 1. The van der Waals surface area contributed by atoms with Gasteiger partial charge in [-0.2, -0.15) is 0 Å². The summed E-state index contributed by atoms with van der Waals surface area (Å²) < 4.78 is 7.40. The maximum atomic E-state index is 13.7. The molecular weight excluding hydrogens is 460 g/mol. The average Bonchev–Trinajstić information content (AvgIpc) is 2.87. The molecule has 0 N–H and O–H groups in total. The van der Waals surface area contributed by atoms with Crippen molar-refractivity contribution in [3.05, 3.63) is 64.1 Å². The summed E-state index contributed by atoms with van der Waals surface area (Å²) >= 11 is 0. The van der Waals surface area contributed by atoms with Crippen LogP contribution in [0.3, 0.4) is 0 Å². The minimum absolute atomic E-state index is 0.0158. The van der Waals surface area contributed by atoms with Crippen LogP contribution in [-0.2, 0) is 22.6 Å². The molecule has 2 fully saturated rings. The number of fused-ring (bicyclic) bond motifs is 4. The molecule has 36 heavy (non-hydrogen) atoms. The molecule has 1 aromatic carbocycles. The van der Waals surface area contributed by atoms with Gasteiger partial charge in [0.25, 0.3) is 5.56 Å². The molecular formula is C27H32N4O5. The standard InChI is InChI=1S/C27H32N4O5/c1-4-36-21-10-8-18(9-11-21)13-27(24(33)28(2)26(35)29(3)25(27)34)17-30-14-19-12-20(16-30)22-6-5-7-23(32)31(22)15-19/h5-11,19-20H,4,12-17H2,1-3H3/t19-,20-/m1/s1. The first-order valence-electron chi connectivity index (χ1n) is 12.5. The van der Waals surface area contributed by atoms with Crippen molar-refractivity contribution in [3.63, 3.8) is 0 Å². The van der Waals surface area contributed by atoms with Gasteiger partial charge in [-0.05, 0) is 49.4 Å². The van der Waals surface area contributed by atoms with Gasteiger partial charge in [0, 0.05) is 58.0 Å². The molecule has 1 aromatic heterocycles. The maximum Gasteiger partial charge on any atom is 0.332 e. The normalized spacial score (nSPS) is 23.6. The highest BCUT2D eigenvalue weighted by Crippen LogP contribution is 2.39. The quantitative estimate of drug-likeness (QED) is 0.573. The van der Waals surface area contributed by atoms with Crippen LogP contribution in [0.25, 0.3) is 0 Å². The predicted molar refractivity (Wildman–Crippen MR) is 133 cm³/mol. The number of likely N-dealkylation sites (tertiary alicyclic amines) is 1. The fourth-order valence-corrected chi connectivity index (χ4v) is 6.20. The van der Waals surface area contributed by atoms with Gasteiger partial charge in [-0.1, -0.05) is 18.2 Å². The van der Waals surface area contributed by atoms with Gasteiger partial charge in [0.2, 0.25) is 11.8 Å². The summed E-state index contributed by atoms with van der Waals surface area (Å²) in [7, 11) is 2.88. The third kappa shape index (κ3) is 4.01. The van der Waals surface area contributed by atoms with Crippen LogP contribution in [0.4, 0.5) is 4.79 Å². The molecule has 9 nitrogen and oxygen atoms in total. The lowest BCUT2D eigenvalue weighted by molar-refractivity contribution is -0.159. The van der Waals surface area contributed by atoms with Crippen molar-refractivity contribution in [2.45, 2.75) is 32.2 Å². The highest BCUT2D eigenvalue weighted by atomic mass is 16.5. The lowest BCUT2D eigenvalue weighted by Crippen LogP contribution is -2.67. The summed E-state index contributed by atoms with van der Waals surface area (Å²) in [5.41, 5.74) is 0.425. The van der Waals surface area contributed by atoms with Crippen molar-refractivity contribution in [1.29, 1.82) is 0 Å². The molecule has 0 aliphatic carbocycles. The zero-order valence-corrected chi connectivity index (χ0v) is 21.0. The van der Waals surface area contributed by atoms with E-state index in [1.54, 1.807) is 12.1 Å². The van der Waals surface area contributed by atoms with Gasteiger partial charge >= 0.3 is 6.03 Å². The van der Waals surface area contributed by atoms with E-state index in [4.69, 9.17) is 4.74 Å². The Kier molecular flexibility index (Phi) is 6.20. The van der Waals surface area contributed by atoms with E-state index in [1.165, 1.54) is 14.1 Å². The summed E-state index contributed by atoms with van der Waals surface area (Å²) in [6, 6.07) is 12.2. The average molecular weight is 493 g/mol. The zero-order valence-electron chi connectivity index (χ0n) is 21.0. The fraction of sp³-hybridized carbons (Fsp3) is 0.481. The molecule has 3 aliphatic rings. The number of imide groups is 2. The lowest BCUT2D eigenvalue weighted by atomic mass is 9.75. The first-order chi connectivity index (χ1) is 17.2. The largest absolute Gasteiger partial charge is 0.494 e. The SMILES string of the molecule is CCOc1ccc(CC2(CN3C[C@H]4C[C@H](C3)c3cccc(=O)n3C4)C(=O)N(C)C(=O)N(C)C2=O)cc1. The molecule has 3 aliphatic heterocycles. The highest BCUT2D eigenvalue weighted by Gasteiger charge is 2.56. The Bertz CT molecular complexity index is 1230. The number of piperidine rings is 1. The number of ether oxygens (including phenoxy) is 1. The second kappa shape index (κ2) is 9.20. The summed E-state index contributed by atoms with van der Waals surface area (Å²) in [4.78, 5) is 56.7. The molecule has 2 atom stereocenters. The molecule has 0 radical (unpaired) electrons. The number of amides is 4. The van der Waals surface area contributed by atoms with E-state index in [-0.39, 0.29) is 30.4 Å². The number of carbonyl (C=O) groups excluding carboxylic acids is 3. The number of nitrogens with zero attached hydrogens (tertiary/aromatic N) is 4. The Balaban J connectivity index is 1.48. The number of rotatable bonds is 6. The van der Waals surface area contributed by atoms with Crippen LogP contribution in [0.5, 0.6) is 5.75 Å². The number of urea groups is 1. The summed E-state index contributed by atoms with van der Waals surface area (Å²) in [5, 5.41) is 0. The molecule has 4 heterocycles. The smallest absolute Gasteiger partial charge is 0.332 e. The van der Waals surface area contributed by atoms with E-state index >= 15 is 0 Å². The molecule has 2 saturated heterocycles. The van der Waals surface area contributed by atoms with Crippen LogP contribution < -0.4 is 10.3 Å². The second-order valence-electron chi connectivity index (χ2n) is 10.2. The predicted octanol–water partition coefficient (Wildman–Crippen LogP) is 1.95. The number of benzene rings is 1. The van der Waals surface area contributed by atoms with Crippen LogP contribution in [0, 0.1) is 11.3 Å². The number of aromatic nitrogens is 1. The van der Waals surface area contributed by atoms with Gasteiger partial charge in [0.1, 0.15) is 11.2 Å². The number of barbiturate groups is 1. The number of carbonyl (C=O) groups is 3. The Morgan fingerprint density at radius 2 is 1.61 bits per heavy atom. The van der Waals surface area contributed by atoms with Crippen LogP contribution in [-0.4, -0.2) is 77.4 Å². The third-order valence-corrected chi connectivity index (χ3v) is 7.79. The van der Waals surface area contributed by atoms with E-state index in [0.717, 1.165) is 33.2 Å². The Morgan fingerprint density at radius 1 is 0.917 bits per heavy atom. The third-order valence-electron chi connectivity index (χ3n) is 7.79. The molecule has 190 valence electrons. The van der Waals surface area contributed by atoms with E-state index < -0.39 is 23.3 Å². The lowest BCUT2D eigenvalue weighted by Gasteiger charge is -2.48. The molecule has 0 spiro atoms. The molecule has 2 aromatic rings. The van der Waals surface area contributed by atoms with Crippen molar-refractivity contribution >= 4 is 17.8 Å². The molecule has 0 saturated carbocycles.